The molecule has 4 nitrogen and oxygen atoms in total. The van der Waals surface area contributed by atoms with Gasteiger partial charge in [-0.05, 0) is 26.1 Å². The predicted molar refractivity (Wildman–Crippen MR) is 85.0 cm³/mol. The smallest absolute Gasteiger partial charge is 0.144 e. The first kappa shape index (κ1) is 13.2. The van der Waals surface area contributed by atoms with Crippen LogP contribution in [0.3, 0.4) is 0 Å². The van der Waals surface area contributed by atoms with Gasteiger partial charge in [0.05, 0.1) is 12.1 Å². The lowest BCUT2D eigenvalue weighted by atomic mass is 10.2. The normalized spacial score (nSPS) is 23.4. The molecule has 0 bridgehead atoms. The number of para-hydroxylation sites is 1. The van der Waals surface area contributed by atoms with Gasteiger partial charge in [-0.1, -0.05) is 12.1 Å². The molecule has 0 amide bonds. The minimum absolute atomic E-state index is 0.262. The molecule has 0 saturated carbocycles. The summed E-state index contributed by atoms with van der Waals surface area (Å²) < 4.78 is 8.70. The quantitative estimate of drug-likeness (QED) is 0.841. The summed E-state index contributed by atoms with van der Waals surface area (Å²) in [5.41, 5.74) is 2.61. The number of hydrogen-bond donors (Lipinski definition) is 0. The van der Waals surface area contributed by atoms with Gasteiger partial charge in [0, 0.05) is 43.8 Å². The summed E-state index contributed by atoms with van der Waals surface area (Å²) in [7, 11) is 2.20. The second-order valence-corrected chi connectivity index (χ2v) is 6.43. The van der Waals surface area contributed by atoms with Gasteiger partial charge in [0.1, 0.15) is 11.9 Å². The zero-order valence-corrected chi connectivity index (χ0v) is 12.9. The largest absolute Gasteiger partial charge is 0.485 e. The molecule has 0 N–H and O–H groups in total. The van der Waals surface area contributed by atoms with E-state index in [4.69, 9.17) is 4.74 Å². The molecule has 21 heavy (non-hydrogen) atoms. The van der Waals surface area contributed by atoms with Crippen molar-refractivity contribution in [2.75, 3.05) is 39.8 Å². The van der Waals surface area contributed by atoms with Crippen molar-refractivity contribution >= 4 is 10.9 Å². The van der Waals surface area contributed by atoms with Crippen molar-refractivity contribution < 1.29 is 4.74 Å². The highest BCUT2D eigenvalue weighted by Gasteiger charge is 2.26. The third-order valence-corrected chi connectivity index (χ3v) is 4.83. The fourth-order valence-corrected chi connectivity index (χ4v) is 3.59. The SMILES string of the molecule is Cc1cc2cccc3c2n1CC(CN1CCN(C)CC1)O3. The highest BCUT2D eigenvalue weighted by Crippen LogP contribution is 2.33. The van der Waals surface area contributed by atoms with Crippen molar-refractivity contribution in [3.05, 3.63) is 30.0 Å². The second-order valence-electron chi connectivity index (χ2n) is 6.43. The van der Waals surface area contributed by atoms with E-state index in [1.165, 1.54) is 16.6 Å². The second kappa shape index (κ2) is 5.04. The lowest BCUT2D eigenvalue weighted by Crippen LogP contribution is -2.49. The van der Waals surface area contributed by atoms with Crippen LogP contribution in [-0.4, -0.2) is 60.2 Å². The van der Waals surface area contributed by atoms with Gasteiger partial charge in [0.15, 0.2) is 0 Å². The molecule has 1 fully saturated rings. The zero-order chi connectivity index (χ0) is 14.4. The van der Waals surface area contributed by atoms with Crippen molar-refractivity contribution in [3.63, 3.8) is 0 Å². The molecule has 2 aromatic rings. The van der Waals surface area contributed by atoms with E-state index in [0.717, 1.165) is 45.0 Å². The Kier molecular flexibility index (Phi) is 3.16. The van der Waals surface area contributed by atoms with Gasteiger partial charge in [-0.3, -0.25) is 4.90 Å². The molecule has 1 atom stereocenters. The van der Waals surface area contributed by atoms with Gasteiger partial charge in [0.25, 0.3) is 0 Å². The van der Waals surface area contributed by atoms with Crippen molar-refractivity contribution in [2.45, 2.75) is 19.6 Å². The van der Waals surface area contributed by atoms with Gasteiger partial charge in [0.2, 0.25) is 0 Å². The molecule has 2 aliphatic heterocycles. The van der Waals surface area contributed by atoms with E-state index in [1.54, 1.807) is 0 Å². The summed E-state index contributed by atoms with van der Waals surface area (Å²) in [5, 5.41) is 1.29. The van der Waals surface area contributed by atoms with Gasteiger partial charge in [-0.25, -0.2) is 0 Å². The number of ether oxygens (including phenoxy) is 1. The van der Waals surface area contributed by atoms with Crippen LogP contribution in [0, 0.1) is 6.92 Å². The van der Waals surface area contributed by atoms with Gasteiger partial charge in [-0.2, -0.15) is 0 Å². The highest BCUT2D eigenvalue weighted by atomic mass is 16.5. The predicted octanol–water partition coefficient (Wildman–Crippen LogP) is 1.96. The topological polar surface area (TPSA) is 20.6 Å². The Bertz CT molecular complexity index is 655. The lowest BCUT2D eigenvalue weighted by Gasteiger charge is -2.36. The molecule has 2 aliphatic rings. The first-order valence-corrected chi connectivity index (χ1v) is 7.87. The monoisotopic (exact) mass is 285 g/mol. The summed E-state index contributed by atoms with van der Waals surface area (Å²) in [6.07, 6.45) is 0.262. The van der Waals surface area contributed by atoms with Crippen molar-refractivity contribution in [1.29, 1.82) is 0 Å². The van der Waals surface area contributed by atoms with Gasteiger partial charge >= 0.3 is 0 Å². The Morgan fingerprint density at radius 3 is 2.81 bits per heavy atom. The Morgan fingerprint density at radius 2 is 2.00 bits per heavy atom. The molecule has 0 aliphatic carbocycles. The molecular weight excluding hydrogens is 262 g/mol. The summed E-state index contributed by atoms with van der Waals surface area (Å²) in [6.45, 7) is 8.82. The Morgan fingerprint density at radius 1 is 1.19 bits per heavy atom. The van der Waals surface area contributed by atoms with E-state index >= 15 is 0 Å². The average molecular weight is 285 g/mol. The van der Waals surface area contributed by atoms with E-state index in [1.807, 2.05) is 0 Å². The Labute approximate surface area is 125 Å². The maximum atomic E-state index is 6.27. The van der Waals surface area contributed by atoms with Crippen LogP contribution in [0.25, 0.3) is 10.9 Å². The molecule has 4 heteroatoms. The first-order chi connectivity index (χ1) is 10.2. The van der Waals surface area contributed by atoms with Crippen molar-refractivity contribution in [3.8, 4) is 5.75 Å². The van der Waals surface area contributed by atoms with Gasteiger partial charge < -0.3 is 14.2 Å². The maximum Gasteiger partial charge on any atom is 0.144 e. The van der Waals surface area contributed by atoms with Crippen LogP contribution < -0.4 is 4.74 Å². The molecule has 1 unspecified atom stereocenters. The number of aryl methyl sites for hydroxylation is 1. The molecule has 1 saturated heterocycles. The Hall–Kier alpha value is -1.52. The maximum absolute atomic E-state index is 6.27. The molecule has 1 aromatic carbocycles. The first-order valence-electron chi connectivity index (χ1n) is 7.87. The van der Waals surface area contributed by atoms with Crippen LogP contribution in [0.4, 0.5) is 0 Å². The van der Waals surface area contributed by atoms with E-state index in [9.17, 15) is 0 Å². The third kappa shape index (κ3) is 2.32. The van der Waals surface area contributed by atoms with Crippen LogP contribution in [0.5, 0.6) is 5.75 Å². The molecular formula is C17H23N3O. The minimum atomic E-state index is 0.262. The molecule has 1 aromatic heterocycles. The van der Waals surface area contributed by atoms with E-state index in [2.05, 4.69) is 52.6 Å². The fraction of sp³-hybridized carbons (Fsp3) is 0.529. The number of aromatic nitrogens is 1. The summed E-state index contributed by atoms with van der Waals surface area (Å²) in [5.74, 6) is 1.05. The summed E-state index contributed by atoms with van der Waals surface area (Å²) in [4.78, 5) is 4.93. The zero-order valence-electron chi connectivity index (χ0n) is 12.9. The van der Waals surface area contributed by atoms with Crippen molar-refractivity contribution in [2.24, 2.45) is 0 Å². The third-order valence-electron chi connectivity index (χ3n) is 4.83. The Balaban J connectivity index is 1.54. The standard InChI is InChI=1S/C17H23N3O/c1-13-10-14-4-3-5-16-17(14)20(13)12-15(21-16)11-19-8-6-18(2)7-9-19/h3-5,10,15H,6-9,11-12H2,1-2H3. The number of nitrogens with zero attached hydrogens (tertiary/aromatic N) is 3. The number of piperazine rings is 1. The minimum Gasteiger partial charge on any atom is -0.485 e. The average Bonchev–Trinajstić information content (AvgIpc) is 2.80. The van der Waals surface area contributed by atoms with Crippen LogP contribution >= 0.6 is 0 Å². The van der Waals surface area contributed by atoms with E-state index < -0.39 is 0 Å². The number of likely N-dealkylation sites (N-methyl/N-ethyl adjacent to an activating group) is 1. The van der Waals surface area contributed by atoms with Crippen LogP contribution in [0.15, 0.2) is 24.3 Å². The molecule has 0 radical (unpaired) electrons. The van der Waals surface area contributed by atoms with E-state index in [-0.39, 0.29) is 6.10 Å². The lowest BCUT2D eigenvalue weighted by molar-refractivity contribution is 0.0808. The summed E-state index contributed by atoms with van der Waals surface area (Å²) in [6, 6.07) is 8.64. The highest BCUT2D eigenvalue weighted by molar-refractivity contribution is 5.87. The van der Waals surface area contributed by atoms with E-state index in [0.29, 0.717) is 0 Å². The van der Waals surface area contributed by atoms with Crippen LogP contribution in [-0.2, 0) is 6.54 Å². The van der Waals surface area contributed by atoms with Gasteiger partial charge in [-0.15, -0.1) is 0 Å². The fourth-order valence-electron chi connectivity index (χ4n) is 3.59. The summed E-state index contributed by atoms with van der Waals surface area (Å²) >= 11 is 0. The van der Waals surface area contributed by atoms with Crippen LogP contribution in [0.1, 0.15) is 5.69 Å². The molecule has 0 spiro atoms. The molecule has 112 valence electrons. The number of rotatable bonds is 2. The van der Waals surface area contributed by atoms with Crippen molar-refractivity contribution in [1.82, 2.24) is 14.4 Å². The number of hydrogen-bond acceptors (Lipinski definition) is 3. The van der Waals surface area contributed by atoms with Crippen LogP contribution in [0.2, 0.25) is 0 Å². The molecule has 3 heterocycles. The molecule has 4 rings (SSSR count). The number of benzene rings is 1.